The summed E-state index contributed by atoms with van der Waals surface area (Å²) in [5.41, 5.74) is 0. The fourth-order valence-corrected chi connectivity index (χ4v) is 2.20. The molecule has 2 heteroatoms. The van der Waals surface area contributed by atoms with Crippen molar-refractivity contribution in [3.05, 3.63) is 0 Å². The Morgan fingerprint density at radius 3 is 1.93 bits per heavy atom. The molecule has 0 atom stereocenters. The highest BCUT2D eigenvalue weighted by Gasteiger charge is 2.20. The Hall–Kier alpha value is -0.530. The van der Waals surface area contributed by atoms with Gasteiger partial charge in [0.25, 0.3) is 0 Å². The standard InChI is InChI=1S/C13H27N2/c1-11(2)15(12(3)4)10-14-8-6-13(5)7-9-14/h10-13H,6-9H2,1-5H3/q+1. The zero-order valence-corrected chi connectivity index (χ0v) is 11.0. The third-order valence-corrected chi connectivity index (χ3v) is 3.31. The van der Waals surface area contributed by atoms with Gasteiger partial charge in [-0.3, -0.25) is 9.48 Å². The predicted molar refractivity (Wildman–Crippen MR) is 66.6 cm³/mol. The van der Waals surface area contributed by atoms with Gasteiger partial charge in [0.15, 0.2) is 0 Å². The summed E-state index contributed by atoms with van der Waals surface area (Å²) in [4.78, 5) is 2.45. The van der Waals surface area contributed by atoms with Crippen LogP contribution in [0.2, 0.25) is 0 Å². The fourth-order valence-electron chi connectivity index (χ4n) is 2.20. The second-order valence-electron chi connectivity index (χ2n) is 5.47. The molecule has 0 N–H and O–H groups in total. The van der Waals surface area contributed by atoms with Crippen molar-refractivity contribution in [2.24, 2.45) is 5.92 Å². The first-order chi connectivity index (χ1) is 7.00. The van der Waals surface area contributed by atoms with E-state index in [1.54, 1.807) is 0 Å². The average molecular weight is 211 g/mol. The highest BCUT2D eigenvalue weighted by atomic mass is 15.2. The van der Waals surface area contributed by atoms with E-state index in [2.05, 4.69) is 50.4 Å². The predicted octanol–water partition coefficient (Wildman–Crippen LogP) is 2.58. The van der Waals surface area contributed by atoms with E-state index in [0.29, 0.717) is 12.1 Å². The minimum Gasteiger partial charge on any atom is -0.268 e. The minimum atomic E-state index is 0.601. The van der Waals surface area contributed by atoms with Gasteiger partial charge in [0.2, 0.25) is 6.34 Å². The van der Waals surface area contributed by atoms with Crippen LogP contribution < -0.4 is 0 Å². The van der Waals surface area contributed by atoms with Gasteiger partial charge in [-0.1, -0.05) is 6.92 Å². The lowest BCUT2D eigenvalue weighted by molar-refractivity contribution is -0.540. The van der Waals surface area contributed by atoms with Crippen molar-refractivity contribution in [1.29, 1.82) is 0 Å². The van der Waals surface area contributed by atoms with Crippen LogP contribution in [0.4, 0.5) is 0 Å². The molecule has 1 fully saturated rings. The Balaban J connectivity index is 2.59. The summed E-state index contributed by atoms with van der Waals surface area (Å²) < 4.78 is 2.49. The van der Waals surface area contributed by atoms with Crippen LogP contribution in [0.15, 0.2) is 0 Å². The zero-order valence-electron chi connectivity index (χ0n) is 11.0. The van der Waals surface area contributed by atoms with Gasteiger partial charge in [-0.2, -0.15) is 0 Å². The number of rotatable bonds is 3. The van der Waals surface area contributed by atoms with Crippen LogP contribution in [0.3, 0.4) is 0 Å². The number of hydrogen-bond donors (Lipinski definition) is 0. The molecule has 0 bridgehead atoms. The molecule has 1 rings (SSSR count). The van der Waals surface area contributed by atoms with E-state index in [0.717, 1.165) is 5.92 Å². The van der Waals surface area contributed by atoms with Crippen molar-refractivity contribution in [2.75, 3.05) is 13.1 Å². The molecule has 2 nitrogen and oxygen atoms in total. The third-order valence-electron chi connectivity index (χ3n) is 3.31. The van der Waals surface area contributed by atoms with Gasteiger partial charge in [-0.15, -0.1) is 0 Å². The molecule has 1 aliphatic rings. The molecule has 1 heterocycles. The summed E-state index contributed by atoms with van der Waals surface area (Å²) in [6.07, 6.45) is 5.04. The van der Waals surface area contributed by atoms with E-state index in [1.807, 2.05) is 0 Å². The fraction of sp³-hybridized carbons (Fsp3) is 0.923. The molecule has 0 saturated carbocycles. The molecule has 0 aromatic rings. The molecule has 0 amide bonds. The maximum absolute atomic E-state index is 2.49. The van der Waals surface area contributed by atoms with Gasteiger partial charge in [0.1, 0.15) is 0 Å². The van der Waals surface area contributed by atoms with Gasteiger partial charge in [-0.25, -0.2) is 0 Å². The molecular formula is C13H27N2+. The SMILES string of the molecule is CC1CC[N+](=CN(C(C)C)C(C)C)CC1. The zero-order chi connectivity index (χ0) is 11.4. The molecule has 0 aromatic heterocycles. The molecule has 1 aliphatic heterocycles. The molecule has 15 heavy (non-hydrogen) atoms. The monoisotopic (exact) mass is 211 g/mol. The third kappa shape index (κ3) is 3.84. The van der Waals surface area contributed by atoms with Crippen molar-refractivity contribution >= 4 is 6.34 Å². The van der Waals surface area contributed by atoms with Crippen LogP contribution in [0.25, 0.3) is 0 Å². The summed E-state index contributed by atoms with van der Waals surface area (Å²) in [5.74, 6) is 0.918. The second-order valence-corrected chi connectivity index (χ2v) is 5.47. The summed E-state index contributed by atoms with van der Waals surface area (Å²) >= 11 is 0. The Kier molecular flexibility index (Phi) is 4.62. The topological polar surface area (TPSA) is 6.25 Å². The van der Waals surface area contributed by atoms with Gasteiger partial charge in [0, 0.05) is 0 Å². The molecular weight excluding hydrogens is 184 g/mol. The van der Waals surface area contributed by atoms with Gasteiger partial charge in [-0.05, 0) is 46.5 Å². The Morgan fingerprint density at radius 1 is 1.07 bits per heavy atom. The van der Waals surface area contributed by atoms with E-state index in [9.17, 15) is 0 Å². The normalized spacial score (nSPS) is 22.3. The average Bonchev–Trinajstić information content (AvgIpc) is 2.15. The van der Waals surface area contributed by atoms with Gasteiger partial charge >= 0.3 is 0 Å². The van der Waals surface area contributed by atoms with Crippen LogP contribution in [0.1, 0.15) is 47.5 Å². The van der Waals surface area contributed by atoms with Gasteiger partial charge in [0.05, 0.1) is 25.2 Å². The summed E-state index contributed by atoms with van der Waals surface area (Å²) in [7, 11) is 0. The maximum Gasteiger partial charge on any atom is 0.234 e. The lowest BCUT2D eigenvalue weighted by atomic mass is 10.0. The van der Waals surface area contributed by atoms with Gasteiger partial charge < -0.3 is 0 Å². The second kappa shape index (κ2) is 5.53. The van der Waals surface area contributed by atoms with Crippen LogP contribution in [0, 0.1) is 5.92 Å². The summed E-state index contributed by atoms with van der Waals surface area (Å²) in [6, 6.07) is 1.20. The number of hydrogen-bond acceptors (Lipinski definition) is 0. The highest BCUT2D eigenvalue weighted by Crippen LogP contribution is 2.13. The van der Waals surface area contributed by atoms with Crippen LogP contribution >= 0.6 is 0 Å². The quantitative estimate of drug-likeness (QED) is 0.514. The molecule has 1 saturated heterocycles. The van der Waals surface area contributed by atoms with Crippen molar-refractivity contribution < 1.29 is 4.58 Å². The van der Waals surface area contributed by atoms with E-state index in [1.165, 1.54) is 25.9 Å². The smallest absolute Gasteiger partial charge is 0.234 e. The van der Waals surface area contributed by atoms with E-state index in [-0.39, 0.29) is 0 Å². The minimum absolute atomic E-state index is 0.601. The first-order valence-electron chi connectivity index (χ1n) is 6.37. The van der Waals surface area contributed by atoms with Crippen molar-refractivity contribution in [3.63, 3.8) is 0 Å². The molecule has 0 aromatic carbocycles. The van der Waals surface area contributed by atoms with Crippen LogP contribution in [-0.4, -0.2) is 41.0 Å². The molecule has 0 aliphatic carbocycles. The van der Waals surface area contributed by atoms with Crippen LogP contribution in [0.5, 0.6) is 0 Å². The summed E-state index contributed by atoms with van der Waals surface area (Å²) in [6.45, 7) is 13.9. The van der Waals surface area contributed by atoms with Crippen LogP contribution in [-0.2, 0) is 0 Å². The maximum atomic E-state index is 2.49. The first-order valence-corrected chi connectivity index (χ1v) is 6.37. The lowest BCUT2D eigenvalue weighted by Crippen LogP contribution is -2.40. The summed E-state index contributed by atoms with van der Waals surface area (Å²) in [5, 5.41) is 0. The Labute approximate surface area is 95.0 Å². The first kappa shape index (κ1) is 12.5. The lowest BCUT2D eigenvalue weighted by Gasteiger charge is -2.25. The number of nitrogens with zero attached hydrogens (tertiary/aromatic N) is 2. The van der Waals surface area contributed by atoms with Crippen molar-refractivity contribution in [1.82, 2.24) is 4.90 Å². The van der Waals surface area contributed by atoms with E-state index in [4.69, 9.17) is 0 Å². The molecule has 0 radical (unpaired) electrons. The molecule has 0 spiro atoms. The molecule has 0 unspecified atom stereocenters. The largest absolute Gasteiger partial charge is 0.268 e. The molecule has 88 valence electrons. The Bertz CT molecular complexity index is 201. The van der Waals surface area contributed by atoms with E-state index >= 15 is 0 Å². The highest BCUT2D eigenvalue weighted by molar-refractivity contribution is 5.49. The van der Waals surface area contributed by atoms with Crippen molar-refractivity contribution in [3.8, 4) is 0 Å². The van der Waals surface area contributed by atoms with Crippen molar-refractivity contribution in [2.45, 2.75) is 59.5 Å². The number of piperidine rings is 1. The Morgan fingerprint density at radius 2 is 1.53 bits per heavy atom. The van der Waals surface area contributed by atoms with E-state index < -0.39 is 0 Å².